The van der Waals surface area contributed by atoms with Crippen molar-refractivity contribution in [1.29, 1.82) is 0 Å². The Morgan fingerprint density at radius 2 is 2.15 bits per heavy atom. The average molecular weight is 517 g/mol. The molecular formula is C21H22N4Re. The Bertz CT molecular complexity index is 958. The quantitative estimate of drug-likeness (QED) is 0.566. The van der Waals surface area contributed by atoms with Crippen molar-refractivity contribution in [2.24, 2.45) is 15.9 Å². The van der Waals surface area contributed by atoms with Gasteiger partial charge in [0.1, 0.15) is 0 Å². The summed E-state index contributed by atoms with van der Waals surface area (Å²) in [7, 11) is 0. The van der Waals surface area contributed by atoms with Crippen molar-refractivity contribution in [3.63, 3.8) is 0 Å². The van der Waals surface area contributed by atoms with E-state index in [9.17, 15) is 0 Å². The predicted molar refractivity (Wildman–Crippen MR) is 108 cm³/mol. The van der Waals surface area contributed by atoms with Gasteiger partial charge in [0.2, 0.25) is 0 Å². The summed E-state index contributed by atoms with van der Waals surface area (Å²) < 4.78 is 0. The number of fused-ring (bicyclic) bond motifs is 1. The summed E-state index contributed by atoms with van der Waals surface area (Å²) in [5.41, 5.74) is 6.21. The van der Waals surface area contributed by atoms with Crippen LogP contribution in [0, 0.1) is 12.8 Å². The normalized spacial score (nSPS) is 16.9. The predicted octanol–water partition coefficient (Wildman–Crippen LogP) is 5.08. The number of pyridine rings is 1. The summed E-state index contributed by atoms with van der Waals surface area (Å²) in [4.78, 5) is 16.8. The molecule has 1 radical (unpaired) electrons. The number of nitrogens with zero attached hydrogens (tertiary/aromatic N) is 3. The van der Waals surface area contributed by atoms with Crippen LogP contribution < -0.4 is 0 Å². The fraction of sp³-hybridized carbons (Fsp3) is 0.190. The van der Waals surface area contributed by atoms with Crippen molar-refractivity contribution in [2.75, 3.05) is 0 Å². The van der Waals surface area contributed by atoms with Crippen LogP contribution in [0.25, 0.3) is 22.6 Å². The smallest absolute Gasteiger partial charge is 0.0764 e. The standard InChI is InChI=1S/C21H22N4.Re/c1-5-7-19-17(12-22-6-2)18-13-24-20(15(4)21(18)25-19)16-10-14(3)8-9-23-11-16;/h5-14,25H,2H2,1,3-4H3;/b7-5-,22-12?;. The Morgan fingerprint density at radius 3 is 2.88 bits per heavy atom. The van der Waals surface area contributed by atoms with Gasteiger partial charge in [-0.25, -0.2) is 0 Å². The first-order valence-electron chi connectivity index (χ1n) is 8.35. The van der Waals surface area contributed by atoms with Gasteiger partial charge >= 0.3 is 0 Å². The van der Waals surface area contributed by atoms with E-state index in [2.05, 4.69) is 47.5 Å². The van der Waals surface area contributed by atoms with Crippen LogP contribution in [-0.4, -0.2) is 22.4 Å². The van der Waals surface area contributed by atoms with Gasteiger partial charge in [-0.1, -0.05) is 31.7 Å². The molecule has 26 heavy (non-hydrogen) atoms. The van der Waals surface area contributed by atoms with Gasteiger partial charge in [0.15, 0.2) is 0 Å². The van der Waals surface area contributed by atoms with E-state index >= 15 is 0 Å². The van der Waals surface area contributed by atoms with Crippen LogP contribution in [0.3, 0.4) is 0 Å². The number of aromatic nitrogens is 2. The van der Waals surface area contributed by atoms with Gasteiger partial charge in [0, 0.05) is 73.7 Å². The molecule has 1 atom stereocenters. The second-order valence-electron chi connectivity index (χ2n) is 6.03. The van der Waals surface area contributed by atoms with Gasteiger partial charge < -0.3 is 4.98 Å². The summed E-state index contributed by atoms with van der Waals surface area (Å²) in [5.74, 6) is 0.326. The summed E-state index contributed by atoms with van der Waals surface area (Å²) in [6.07, 6.45) is 17.3. The van der Waals surface area contributed by atoms with Crippen molar-refractivity contribution < 1.29 is 20.4 Å². The minimum Gasteiger partial charge on any atom is -0.354 e. The molecule has 0 fully saturated rings. The molecule has 1 aliphatic rings. The Kier molecular flexibility index (Phi) is 6.79. The fourth-order valence-corrected chi connectivity index (χ4v) is 3.01. The van der Waals surface area contributed by atoms with Crippen molar-refractivity contribution in [2.45, 2.75) is 20.8 Å². The number of rotatable bonds is 4. The third-order valence-corrected chi connectivity index (χ3v) is 4.21. The molecule has 0 bridgehead atoms. The zero-order chi connectivity index (χ0) is 17.8. The van der Waals surface area contributed by atoms with Crippen LogP contribution in [0.1, 0.15) is 36.4 Å². The zero-order valence-corrected chi connectivity index (χ0v) is 17.9. The molecule has 1 N–H and O–H groups in total. The van der Waals surface area contributed by atoms with Crippen LogP contribution >= 0.6 is 0 Å². The van der Waals surface area contributed by atoms with E-state index in [4.69, 9.17) is 4.98 Å². The molecule has 1 unspecified atom stereocenters. The van der Waals surface area contributed by atoms with Crippen LogP contribution in [0.5, 0.6) is 0 Å². The first-order valence-corrected chi connectivity index (χ1v) is 8.35. The van der Waals surface area contributed by atoms with Gasteiger partial charge in [-0.15, -0.1) is 0 Å². The van der Waals surface area contributed by atoms with Crippen molar-refractivity contribution in [3.05, 3.63) is 65.9 Å². The SMILES string of the molecule is C=CN=Cc1c(/C=C\C)[nH]c2c(C)c(C3=CC(C)C=CN=C3)ncc12.[Re]. The maximum Gasteiger partial charge on any atom is 0.0764 e. The Labute approximate surface area is 167 Å². The molecule has 0 saturated carbocycles. The van der Waals surface area contributed by atoms with E-state index in [-0.39, 0.29) is 20.4 Å². The second-order valence-corrected chi connectivity index (χ2v) is 6.03. The van der Waals surface area contributed by atoms with E-state index in [1.807, 2.05) is 43.9 Å². The molecule has 5 heteroatoms. The van der Waals surface area contributed by atoms with Crippen molar-refractivity contribution >= 4 is 35.0 Å². The molecule has 0 spiro atoms. The van der Waals surface area contributed by atoms with Crippen LogP contribution in [0.15, 0.2) is 53.4 Å². The number of hydrogen-bond donors (Lipinski definition) is 1. The number of aryl methyl sites for hydroxylation is 1. The average Bonchev–Trinajstić information content (AvgIpc) is 2.80. The van der Waals surface area contributed by atoms with Crippen molar-refractivity contribution in [1.82, 2.24) is 9.97 Å². The number of allylic oxidation sites excluding steroid dienone is 4. The molecule has 0 aromatic carbocycles. The van der Waals surface area contributed by atoms with Crippen LogP contribution in [-0.2, 0) is 20.4 Å². The zero-order valence-electron chi connectivity index (χ0n) is 15.2. The molecule has 133 valence electrons. The van der Waals surface area contributed by atoms with Gasteiger partial charge in [0.05, 0.1) is 11.2 Å². The van der Waals surface area contributed by atoms with Gasteiger partial charge in [-0.2, -0.15) is 0 Å². The molecule has 2 aromatic heterocycles. The molecule has 2 aromatic rings. The summed E-state index contributed by atoms with van der Waals surface area (Å²) in [6.45, 7) is 9.88. The fourth-order valence-electron chi connectivity index (χ4n) is 3.01. The molecular weight excluding hydrogens is 494 g/mol. The van der Waals surface area contributed by atoms with E-state index < -0.39 is 0 Å². The summed E-state index contributed by atoms with van der Waals surface area (Å²) >= 11 is 0. The van der Waals surface area contributed by atoms with E-state index in [0.29, 0.717) is 5.92 Å². The molecule has 1 aliphatic heterocycles. The third-order valence-electron chi connectivity index (χ3n) is 4.21. The molecule has 3 rings (SSSR count). The Balaban J connectivity index is 0.00000243. The molecule has 3 heterocycles. The number of aromatic amines is 1. The Morgan fingerprint density at radius 1 is 1.35 bits per heavy atom. The Hall–Kier alpha value is -2.35. The summed E-state index contributed by atoms with van der Waals surface area (Å²) in [5, 5.41) is 1.05. The summed E-state index contributed by atoms with van der Waals surface area (Å²) in [6, 6.07) is 0. The molecule has 4 nitrogen and oxygen atoms in total. The number of nitrogens with one attached hydrogen (secondary N) is 1. The topological polar surface area (TPSA) is 53.4 Å². The maximum absolute atomic E-state index is 4.73. The number of aliphatic imine (C=N–C) groups is 2. The van der Waals surface area contributed by atoms with E-state index in [1.54, 1.807) is 0 Å². The third kappa shape index (κ3) is 3.90. The molecule has 0 saturated heterocycles. The van der Waals surface area contributed by atoms with Gasteiger partial charge in [-0.3, -0.25) is 15.0 Å². The van der Waals surface area contributed by atoms with E-state index in [1.165, 1.54) is 6.20 Å². The monoisotopic (exact) mass is 517 g/mol. The largest absolute Gasteiger partial charge is 0.354 e. The number of H-pyrrole nitrogens is 1. The number of hydrogen-bond acceptors (Lipinski definition) is 3. The molecule has 0 amide bonds. The minimum absolute atomic E-state index is 0. The van der Waals surface area contributed by atoms with Crippen LogP contribution in [0.2, 0.25) is 0 Å². The van der Waals surface area contributed by atoms with Gasteiger partial charge in [-0.05, 0) is 31.4 Å². The van der Waals surface area contributed by atoms with Crippen molar-refractivity contribution in [3.8, 4) is 0 Å². The van der Waals surface area contributed by atoms with E-state index in [0.717, 1.165) is 39.0 Å². The first kappa shape index (κ1) is 20.0. The molecule has 0 aliphatic carbocycles. The first-order chi connectivity index (χ1) is 12.2. The maximum atomic E-state index is 4.73. The van der Waals surface area contributed by atoms with Crippen LogP contribution in [0.4, 0.5) is 0 Å². The van der Waals surface area contributed by atoms with Gasteiger partial charge in [0.25, 0.3) is 0 Å². The second kappa shape index (κ2) is 8.84. The minimum atomic E-state index is 0.